The van der Waals surface area contributed by atoms with Crippen molar-refractivity contribution in [1.82, 2.24) is 4.90 Å². The largest absolute Gasteiger partial charge is 0.339 e. The molecule has 0 aromatic heterocycles. The van der Waals surface area contributed by atoms with Crippen LogP contribution in [0.2, 0.25) is 0 Å². The fourth-order valence-corrected chi connectivity index (χ4v) is 2.17. The molecule has 0 saturated carbocycles. The quantitative estimate of drug-likeness (QED) is 0.885. The average Bonchev–Trinajstić information content (AvgIpc) is 2.73. The maximum Gasteiger partial charge on any atom is 0.229 e. The van der Waals surface area contributed by atoms with Gasteiger partial charge in [0.2, 0.25) is 11.8 Å². The zero-order valence-corrected chi connectivity index (χ0v) is 10.7. The molecule has 1 aliphatic heterocycles. The maximum atomic E-state index is 12.0. The Balaban J connectivity index is 1.97. The lowest BCUT2D eigenvalue weighted by molar-refractivity contribution is -0.129. The van der Waals surface area contributed by atoms with Crippen molar-refractivity contribution in [1.29, 1.82) is 0 Å². The molecule has 1 atom stereocenters. The van der Waals surface area contributed by atoms with E-state index in [2.05, 4.69) is 5.32 Å². The molecule has 0 unspecified atom stereocenters. The minimum atomic E-state index is -0.236. The van der Waals surface area contributed by atoms with Crippen molar-refractivity contribution in [2.24, 2.45) is 5.92 Å². The molecule has 0 bridgehead atoms. The molecule has 2 rings (SSSR count). The van der Waals surface area contributed by atoms with Crippen LogP contribution in [0.5, 0.6) is 0 Å². The van der Waals surface area contributed by atoms with Gasteiger partial charge in [-0.05, 0) is 26.0 Å². The summed E-state index contributed by atoms with van der Waals surface area (Å²) in [4.78, 5) is 25.5. The topological polar surface area (TPSA) is 49.4 Å². The number of benzene rings is 1. The van der Waals surface area contributed by atoms with Gasteiger partial charge >= 0.3 is 0 Å². The van der Waals surface area contributed by atoms with Crippen LogP contribution < -0.4 is 5.32 Å². The summed E-state index contributed by atoms with van der Waals surface area (Å²) in [5, 5.41) is 2.85. The molecule has 4 heteroatoms. The lowest BCUT2D eigenvalue weighted by Crippen LogP contribution is -2.33. The van der Waals surface area contributed by atoms with E-state index in [0.29, 0.717) is 13.0 Å². The number of hydrogen-bond acceptors (Lipinski definition) is 2. The van der Waals surface area contributed by atoms with Gasteiger partial charge in [-0.1, -0.05) is 18.2 Å². The van der Waals surface area contributed by atoms with Gasteiger partial charge < -0.3 is 10.2 Å². The minimum Gasteiger partial charge on any atom is -0.339 e. The number of para-hydroxylation sites is 1. The van der Waals surface area contributed by atoms with Gasteiger partial charge in [-0.15, -0.1) is 0 Å². The second-order valence-corrected chi connectivity index (χ2v) is 4.90. The first-order valence-corrected chi connectivity index (χ1v) is 6.23. The lowest BCUT2D eigenvalue weighted by Gasteiger charge is -2.20. The van der Waals surface area contributed by atoms with E-state index in [0.717, 1.165) is 5.69 Å². The smallest absolute Gasteiger partial charge is 0.229 e. The summed E-state index contributed by atoms with van der Waals surface area (Å²) in [5.74, 6) is -0.240. The highest BCUT2D eigenvalue weighted by molar-refractivity contribution is 5.97. The number of anilines is 1. The molecule has 1 saturated heterocycles. The van der Waals surface area contributed by atoms with Crippen LogP contribution in [0.25, 0.3) is 0 Å². The molecule has 1 fully saturated rings. The molecule has 2 amide bonds. The van der Waals surface area contributed by atoms with Gasteiger partial charge in [0.1, 0.15) is 0 Å². The Bertz CT molecular complexity index is 442. The number of nitrogens with one attached hydrogen (secondary N) is 1. The second-order valence-electron chi connectivity index (χ2n) is 4.90. The monoisotopic (exact) mass is 246 g/mol. The van der Waals surface area contributed by atoms with E-state index in [-0.39, 0.29) is 23.8 Å². The summed E-state index contributed by atoms with van der Waals surface area (Å²) in [6, 6.07) is 9.48. The lowest BCUT2D eigenvalue weighted by atomic mass is 10.1. The first kappa shape index (κ1) is 12.6. The Hall–Kier alpha value is -1.84. The fourth-order valence-electron chi connectivity index (χ4n) is 2.17. The van der Waals surface area contributed by atoms with Crippen molar-refractivity contribution in [3.63, 3.8) is 0 Å². The normalized spacial score (nSPS) is 19.4. The minimum absolute atomic E-state index is 0.0678. The molecular formula is C14H18N2O2. The standard InChI is InChI=1S/C14H18N2O2/c1-10(2)16-9-11(8-13(16)17)14(18)15-12-6-4-3-5-7-12/h3-7,10-11H,8-9H2,1-2H3,(H,15,18)/t11-/m1/s1. The molecule has 1 heterocycles. The van der Waals surface area contributed by atoms with Crippen LogP contribution in [0.3, 0.4) is 0 Å². The summed E-state index contributed by atoms with van der Waals surface area (Å²) in [6.07, 6.45) is 0.316. The summed E-state index contributed by atoms with van der Waals surface area (Å²) < 4.78 is 0. The van der Waals surface area contributed by atoms with Gasteiger partial charge in [0.25, 0.3) is 0 Å². The van der Waals surface area contributed by atoms with Crippen molar-refractivity contribution >= 4 is 17.5 Å². The van der Waals surface area contributed by atoms with E-state index < -0.39 is 0 Å². The zero-order valence-electron chi connectivity index (χ0n) is 10.7. The van der Waals surface area contributed by atoms with Crippen molar-refractivity contribution in [3.05, 3.63) is 30.3 Å². The van der Waals surface area contributed by atoms with Crippen LogP contribution in [-0.2, 0) is 9.59 Å². The van der Waals surface area contributed by atoms with E-state index in [9.17, 15) is 9.59 Å². The van der Waals surface area contributed by atoms with Gasteiger partial charge in [-0.2, -0.15) is 0 Å². The molecule has 1 aromatic rings. The first-order valence-electron chi connectivity index (χ1n) is 6.23. The van der Waals surface area contributed by atoms with Crippen LogP contribution in [-0.4, -0.2) is 29.3 Å². The summed E-state index contributed by atoms with van der Waals surface area (Å²) in [5.41, 5.74) is 0.776. The molecule has 1 N–H and O–H groups in total. The van der Waals surface area contributed by atoms with Gasteiger partial charge in [0.15, 0.2) is 0 Å². The van der Waals surface area contributed by atoms with Crippen molar-refractivity contribution in [2.45, 2.75) is 26.3 Å². The third-order valence-electron chi connectivity index (χ3n) is 3.19. The summed E-state index contributed by atoms with van der Waals surface area (Å²) in [6.45, 7) is 4.46. The van der Waals surface area contributed by atoms with Crippen LogP contribution in [0.4, 0.5) is 5.69 Å². The summed E-state index contributed by atoms with van der Waals surface area (Å²) in [7, 11) is 0. The number of carbonyl (C=O) groups is 2. The molecule has 18 heavy (non-hydrogen) atoms. The Labute approximate surface area is 107 Å². The third kappa shape index (κ3) is 2.70. The highest BCUT2D eigenvalue weighted by Gasteiger charge is 2.35. The molecule has 0 spiro atoms. The van der Waals surface area contributed by atoms with E-state index in [1.54, 1.807) is 4.90 Å². The van der Waals surface area contributed by atoms with Gasteiger partial charge in [-0.25, -0.2) is 0 Å². The van der Waals surface area contributed by atoms with E-state index in [1.807, 2.05) is 44.2 Å². The fraction of sp³-hybridized carbons (Fsp3) is 0.429. The third-order valence-corrected chi connectivity index (χ3v) is 3.19. The number of nitrogens with zero attached hydrogens (tertiary/aromatic N) is 1. The molecule has 1 aliphatic rings. The molecule has 0 radical (unpaired) electrons. The number of likely N-dealkylation sites (tertiary alicyclic amines) is 1. The van der Waals surface area contributed by atoms with Gasteiger partial charge in [0, 0.05) is 24.7 Å². The molecule has 0 aliphatic carbocycles. The molecule has 96 valence electrons. The zero-order chi connectivity index (χ0) is 13.1. The van der Waals surface area contributed by atoms with E-state index in [4.69, 9.17) is 0 Å². The predicted octanol–water partition coefficient (Wildman–Crippen LogP) is 1.88. The van der Waals surface area contributed by atoms with E-state index >= 15 is 0 Å². The molecule has 1 aromatic carbocycles. The van der Waals surface area contributed by atoms with Crippen LogP contribution >= 0.6 is 0 Å². The van der Waals surface area contributed by atoms with Crippen molar-refractivity contribution < 1.29 is 9.59 Å². The first-order chi connectivity index (χ1) is 8.58. The number of carbonyl (C=O) groups excluding carboxylic acids is 2. The molecule has 4 nitrogen and oxygen atoms in total. The SMILES string of the molecule is CC(C)N1C[C@H](C(=O)Nc2ccccc2)CC1=O. The maximum absolute atomic E-state index is 12.0. The van der Waals surface area contributed by atoms with Crippen LogP contribution in [0.1, 0.15) is 20.3 Å². The average molecular weight is 246 g/mol. The molecular weight excluding hydrogens is 228 g/mol. The Kier molecular flexibility index (Phi) is 3.65. The number of hydrogen-bond donors (Lipinski definition) is 1. The predicted molar refractivity (Wildman–Crippen MR) is 70.0 cm³/mol. The Morgan fingerprint density at radius 2 is 2.00 bits per heavy atom. The Morgan fingerprint density at radius 3 is 2.56 bits per heavy atom. The van der Waals surface area contributed by atoms with Crippen molar-refractivity contribution in [2.75, 3.05) is 11.9 Å². The second kappa shape index (κ2) is 5.21. The Morgan fingerprint density at radius 1 is 1.33 bits per heavy atom. The van der Waals surface area contributed by atoms with E-state index in [1.165, 1.54) is 0 Å². The number of amides is 2. The summed E-state index contributed by atoms with van der Waals surface area (Å²) >= 11 is 0. The van der Waals surface area contributed by atoms with Crippen LogP contribution in [0.15, 0.2) is 30.3 Å². The number of rotatable bonds is 3. The van der Waals surface area contributed by atoms with Gasteiger partial charge in [0.05, 0.1) is 5.92 Å². The highest BCUT2D eigenvalue weighted by Crippen LogP contribution is 2.21. The van der Waals surface area contributed by atoms with Crippen LogP contribution in [0, 0.1) is 5.92 Å². The van der Waals surface area contributed by atoms with Gasteiger partial charge in [-0.3, -0.25) is 9.59 Å². The van der Waals surface area contributed by atoms with Crippen molar-refractivity contribution in [3.8, 4) is 0 Å². The highest BCUT2D eigenvalue weighted by atomic mass is 16.2.